The van der Waals surface area contributed by atoms with Crippen molar-refractivity contribution in [3.8, 4) is 11.5 Å². The van der Waals surface area contributed by atoms with Crippen LogP contribution < -0.4 is 19.7 Å². The van der Waals surface area contributed by atoms with E-state index in [4.69, 9.17) is 21.1 Å². The Kier molecular flexibility index (Phi) is 7.46. The minimum absolute atomic E-state index is 0.0505. The molecule has 0 saturated carbocycles. The predicted molar refractivity (Wildman–Crippen MR) is 103 cm³/mol. The van der Waals surface area contributed by atoms with Crippen molar-refractivity contribution in [3.63, 3.8) is 0 Å². The number of amides is 1. The van der Waals surface area contributed by atoms with Gasteiger partial charge < -0.3 is 9.47 Å². The Labute approximate surface area is 163 Å². The van der Waals surface area contributed by atoms with Crippen LogP contribution in [0.15, 0.2) is 47.4 Å². The fourth-order valence-electron chi connectivity index (χ4n) is 2.16. The van der Waals surface area contributed by atoms with Gasteiger partial charge in [-0.25, -0.2) is 8.42 Å². The molecular weight excluding hydrogens is 392 g/mol. The predicted octanol–water partition coefficient (Wildman–Crippen LogP) is 3.15. The maximum Gasteiger partial charge on any atom is 0.266 e. The van der Waals surface area contributed by atoms with Crippen LogP contribution in [-0.4, -0.2) is 28.0 Å². The Morgan fingerprint density at radius 1 is 1.15 bits per heavy atom. The normalized spacial score (nSPS) is 11.1. The van der Waals surface area contributed by atoms with E-state index in [1.54, 1.807) is 12.1 Å². The molecule has 0 atom stereocenters. The number of carbonyl (C=O) groups is 1. The van der Waals surface area contributed by atoms with Crippen molar-refractivity contribution >= 4 is 27.5 Å². The van der Waals surface area contributed by atoms with Gasteiger partial charge in [-0.1, -0.05) is 37.1 Å². The zero-order chi connectivity index (χ0) is 19.9. The van der Waals surface area contributed by atoms with Crippen LogP contribution in [0.25, 0.3) is 0 Å². The van der Waals surface area contributed by atoms with E-state index in [9.17, 15) is 13.2 Å². The molecule has 0 saturated heterocycles. The summed E-state index contributed by atoms with van der Waals surface area (Å²) in [5, 5.41) is 0.0505. The van der Waals surface area contributed by atoms with E-state index in [0.717, 1.165) is 12.8 Å². The molecule has 0 aliphatic carbocycles. The minimum atomic E-state index is -4.00. The highest BCUT2D eigenvalue weighted by atomic mass is 35.5. The molecule has 0 fully saturated rings. The lowest BCUT2D eigenvalue weighted by atomic mass is 10.2. The molecule has 0 unspecified atom stereocenters. The van der Waals surface area contributed by atoms with Crippen LogP contribution in [0, 0.1) is 0 Å². The van der Waals surface area contributed by atoms with E-state index < -0.39 is 15.9 Å². The highest BCUT2D eigenvalue weighted by Crippen LogP contribution is 2.28. The van der Waals surface area contributed by atoms with Crippen molar-refractivity contribution < 1.29 is 22.7 Å². The fraction of sp³-hybridized carbons (Fsp3) is 0.278. The third kappa shape index (κ3) is 5.59. The average Bonchev–Trinajstić information content (AvgIpc) is 2.66. The summed E-state index contributed by atoms with van der Waals surface area (Å²) in [4.78, 5) is 14.2. The Balaban J connectivity index is 2.08. The quantitative estimate of drug-likeness (QED) is 0.487. The number of sulfonamides is 1. The van der Waals surface area contributed by atoms with Gasteiger partial charge in [0.05, 0.1) is 18.7 Å². The lowest BCUT2D eigenvalue weighted by Gasteiger charge is -2.13. The summed E-state index contributed by atoms with van der Waals surface area (Å²) < 4.78 is 35.4. The molecule has 9 heteroatoms. The van der Waals surface area contributed by atoms with Crippen LogP contribution in [0.5, 0.6) is 11.5 Å². The van der Waals surface area contributed by atoms with Gasteiger partial charge >= 0.3 is 0 Å². The van der Waals surface area contributed by atoms with E-state index in [-0.39, 0.29) is 15.5 Å². The fourth-order valence-corrected chi connectivity index (χ4v) is 3.52. The Hall–Kier alpha value is -2.29. The van der Waals surface area contributed by atoms with E-state index in [1.165, 1.54) is 37.4 Å². The molecule has 0 radical (unpaired) electrons. The molecule has 0 aliphatic heterocycles. The van der Waals surface area contributed by atoms with Crippen molar-refractivity contribution in [1.82, 2.24) is 10.3 Å². The standard InChI is InChI=1S/C18H21ClN2O5S/c1-3-4-11-26-15-10-9-13(12-16(15)25-2)18(22)20-21-27(23,24)17-8-6-5-7-14(17)19/h5-10,12,21H,3-4,11H2,1-2H3,(H,20,22). The Morgan fingerprint density at radius 3 is 2.56 bits per heavy atom. The zero-order valence-corrected chi connectivity index (χ0v) is 16.6. The van der Waals surface area contributed by atoms with Gasteiger partial charge in [0.15, 0.2) is 11.5 Å². The number of benzene rings is 2. The number of carbonyl (C=O) groups excluding carboxylic acids is 1. The van der Waals surface area contributed by atoms with Crippen LogP contribution in [0.2, 0.25) is 5.02 Å². The van der Waals surface area contributed by atoms with Crippen molar-refractivity contribution in [3.05, 3.63) is 53.1 Å². The smallest absolute Gasteiger partial charge is 0.266 e. The number of unbranched alkanes of at least 4 members (excludes halogenated alkanes) is 1. The lowest BCUT2D eigenvalue weighted by Crippen LogP contribution is -2.41. The largest absolute Gasteiger partial charge is 0.493 e. The van der Waals surface area contributed by atoms with Crippen LogP contribution in [-0.2, 0) is 10.0 Å². The molecule has 2 N–H and O–H groups in total. The summed E-state index contributed by atoms with van der Waals surface area (Å²) in [6.07, 6.45) is 1.89. The number of ether oxygens (including phenoxy) is 2. The van der Waals surface area contributed by atoms with E-state index in [0.29, 0.717) is 18.1 Å². The molecule has 1 amide bonds. The highest BCUT2D eigenvalue weighted by Gasteiger charge is 2.19. The van der Waals surface area contributed by atoms with Gasteiger partial charge in [0.1, 0.15) is 4.90 Å². The number of halogens is 1. The monoisotopic (exact) mass is 412 g/mol. The van der Waals surface area contributed by atoms with Gasteiger partial charge in [0, 0.05) is 5.56 Å². The van der Waals surface area contributed by atoms with Gasteiger partial charge in [0.25, 0.3) is 15.9 Å². The highest BCUT2D eigenvalue weighted by molar-refractivity contribution is 7.89. The first-order valence-corrected chi connectivity index (χ1v) is 10.1. The lowest BCUT2D eigenvalue weighted by molar-refractivity contribution is 0.0944. The summed E-state index contributed by atoms with van der Waals surface area (Å²) >= 11 is 5.89. The number of rotatable bonds is 9. The van der Waals surface area contributed by atoms with Gasteiger partial charge in [-0.3, -0.25) is 10.2 Å². The molecule has 2 rings (SSSR count). The summed E-state index contributed by atoms with van der Waals surface area (Å²) in [6, 6.07) is 10.5. The zero-order valence-electron chi connectivity index (χ0n) is 15.0. The second-order valence-corrected chi connectivity index (χ2v) is 7.62. The first-order chi connectivity index (χ1) is 12.9. The Morgan fingerprint density at radius 2 is 1.89 bits per heavy atom. The van der Waals surface area contributed by atoms with Gasteiger partial charge in [-0.05, 0) is 36.8 Å². The maximum absolute atomic E-state index is 12.3. The molecule has 0 spiro atoms. The summed E-state index contributed by atoms with van der Waals surface area (Å²) in [5.74, 6) is 0.246. The van der Waals surface area contributed by atoms with Crippen LogP contribution in [0.1, 0.15) is 30.1 Å². The van der Waals surface area contributed by atoms with Crippen molar-refractivity contribution in [2.24, 2.45) is 0 Å². The first-order valence-electron chi connectivity index (χ1n) is 8.26. The van der Waals surface area contributed by atoms with Crippen molar-refractivity contribution in [2.75, 3.05) is 13.7 Å². The van der Waals surface area contributed by atoms with Gasteiger partial charge in [-0.15, -0.1) is 4.83 Å². The second kappa shape index (κ2) is 9.59. The molecule has 7 nitrogen and oxygen atoms in total. The molecule has 0 heterocycles. The molecule has 2 aromatic rings. The molecule has 2 aromatic carbocycles. The number of methoxy groups -OCH3 is 1. The second-order valence-electron chi connectivity index (χ2n) is 5.56. The van der Waals surface area contributed by atoms with Crippen LogP contribution in [0.3, 0.4) is 0 Å². The summed E-state index contributed by atoms with van der Waals surface area (Å²) in [6.45, 7) is 2.59. The number of nitrogens with one attached hydrogen (secondary N) is 2. The van der Waals surface area contributed by atoms with E-state index in [1.807, 2.05) is 4.83 Å². The topological polar surface area (TPSA) is 93.7 Å². The molecule has 27 heavy (non-hydrogen) atoms. The summed E-state index contributed by atoms with van der Waals surface area (Å²) in [7, 11) is -2.54. The maximum atomic E-state index is 12.3. The molecule has 0 bridgehead atoms. The van der Waals surface area contributed by atoms with E-state index >= 15 is 0 Å². The van der Waals surface area contributed by atoms with Crippen molar-refractivity contribution in [2.45, 2.75) is 24.7 Å². The summed E-state index contributed by atoms with van der Waals surface area (Å²) in [5.41, 5.74) is 2.36. The van der Waals surface area contributed by atoms with Gasteiger partial charge in [0.2, 0.25) is 0 Å². The van der Waals surface area contributed by atoms with Crippen molar-refractivity contribution in [1.29, 1.82) is 0 Å². The van der Waals surface area contributed by atoms with Gasteiger partial charge in [-0.2, -0.15) is 0 Å². The van der Waals surface area contributed by atoms with Crippen LogP contribution in [0.4, 0.5) is 0 Å². The number of hydrazine groups is 1. The third-order valence-electron chi connectivity index (χ3n) is 3.61. The van der Waals surface area contributed by atoms with Crippen LogP contribution >= 0.6 is 11.6 Å². The molecule has 146 valence electrons. The number of hydrogen-bond acceptors (Lipinski definition) is 5. The molecule has 0 aromatic heterocycles. The minimum Gasteiger partial charge on any atom is -0.493 e. The third-order valence-corrected chi connectivity index (χ3v) is 5.35. The number of hydrogen-bond donors (Lipinski definition) is 2. The van der Waals surface area contributed by atoms with E-state index in [2.05, 4.69) is 12.3 Å². The first kappa shape index (κ1) is 21.0. The molecular formula is C18H21ClN2O5S. The average molecular weight is 413 g/mol. The molecule has 0 aliphatic rings. The Bertz CT molecular complexity index is 902. The SMILES string of the molecule is CCCCOc1ccc(C(=O)NNS(=O)(=O)c2ccccc2Cl)cc1OC.